The van der Waals surface area contributed by atoms with E-state index in [2.05, 4.69) is 51.4 Å². The molecule has 0 spiro atoms. The average Bonchev–Trinajstić information content (AvgIpc) is 3.13. The number of hydrogen-bond acceptors (Lipinski definition) is 2. The number of likely N-dealkylation sites (N-methyl/N-ethyl adjacent to an activating group) is 1. The van der Waals surface area contributed by atoms with Gasteiger partial charge < -0.3 is 14.3 Å². The molecule has 104 valence electrons. The topological polar surface area (TPSA) is 36.3 Å². The minimum Gasteiger partial charge on any atom is -0.345 e. The molecule has 0 aromatic carbocycles. The number of rotatable bonds is 2. The van der Waals surface area contributed by atoms with E-state index in [4.69, 9.17) is 0 Å². The molecule has 2 atom stereocenters. The first-order valence-corrected chi connectivity index (χ1v) is 7.40. The van der Waals surface area contributed by atoms with E-state index in [-0.39, 0.29) is 0 Å². The van der Waals surface area contributed by atoms with Gasteiger partial charge in [0.15, 0.2) is 5.65 Å². The van der Waals surface area contributed by atoms with Crippen LogP contribution in [-0.2, 0) is 0 Å². The average molecular weight is 268 g/mol. The van der Waals surface area contributed by atoms with E-state index < -0.39 is 0 Å². The van der Waals surface area contributed by atoms with Crippen LogP contribution >= 0.6 is 0 Å². The van der Waals surface area contributed by atoms with Crippen LogP contribution in [0.2, 0.25) is 0 Å². The smallest absolute Gasteiger partial charge is 0.154 e. The molecule has 4 rings (SSSR count). The Hall–Kier alpha value is -1.81. The summed E-state index contributed by atoms with van der Waals surface area (Å²) in [5, 5.41) is 0. The third-order valence-electron chi connectivity index (χ3n) is 4.74. The number of fused-ring (bicyclic) bond motifs is 3. The second kappa shape index (κ2) is 4.35. The summed E-state index contributed by atoms with van der Waals surface area (Å²) in [6, 6.07) is 6.61. The van der Waals surface area contributed by atoms with Crippen LogP contribution in [0.1, 0.15) is 25.0 Å². The van der Waals surface area contributed by atoms with E-state index in [1.54, 1.807) is 0 Å². The Labute approximate surface area is 118 Å². The lowest BCUT2D eigenvalue weighted by Crippen LogP contribution is -2.14. The fourth-order valence-electron chi connectivity index (χ4n) is 3.74. The lowest BCUT2D eigenvalue weighted by Gasteiger charge is -2.17. The van der Waals surface area contributed by atoms with Gasteiger partial charge in [-0.15, -0.1) is 0 Å². The molecule has 4 nitrogen and oxygen atoms in total. The van der Waals surface area contributed by atoms with E-state index in [0.29, 0.717) is 5.92 Å². The van der Waals surface area contributed by atoms with Gasteiger partial charge in [0.05, 0.1) is 17.2 Å². The maximum atomic E-state index is 4.48. The van der Waals surface area contributed by atoms with Gasteiger partial charge in [0.1, 0.15) is 0 Å². The largest absolute Gasteiger partial charge is 0.345 e. The highest BCUT2D eigenvalue weighted by Crippen LogP contribution is 2.35. The Kier molecular flexibility index (Phi) is 2.60. The molecule has 0 amide bonds. The van der Waals surface area contributed by atoms with Crippen molar-refractivity contribution in [2.75, 3.05) is 20.1 Å². The van der Waals surface area contributed by atoms with Crippen LogP contribution in [0.15, 0.2) is 30.6 Å². The predicted molar refractivity (Wildman–Crippen MR) is 81.1 cm³/mol. The molecule has 0 bridgehead atoms. The van der Waals surface area contributed by atoms with Crippen molar-refractivity contribution in [3.05, 3.63) is 36.3 Å². The Bertz CT molecular complexity index is 754. The monoisotopic (exact) mass is 268 g/mol. The van der Waals surface area contributed by atoms with Gasteiger partial charge in [-0.1, -0.05) is 13.3 Å². The number of aromatic nitrogens is 3. The van der Waals surface area contributed by atoms with Crippen LogP contribution in [0.3, 0.4) is 0 Å². The van der Waals surface area contributed by atoms with Crippen LogP contribution in [-0.4, -0.2) is 39.4 Å². The van der Waals surface area contributed by atoms with Gasteiger partial charge in [0.2, 0.25) is 0 Å². The lowest BCUT2D eigenvalue weighted by atomic mass is 9.91. The molecule has 3 aromatic heterocycles. The summed E-state index contributed by atoms with van der Waals surface area (Å²) >= 11 is 0. The zero-order valence-electron chi connectivity index (χ0n) is 12.0. The first-order chi connectivity index (χ1) is 9.78. The van der Waals surface area contributed by atoms with Gasteiger partial charge in [-0.25, -0.2) is 4.98 Å². The zero-order chi connectivity index (χ0) is 13.7. The summed E-state index contributed by atoms with van der Waals surface area (Å²) in [6.45, 7) is 4.66. The van der Waals surface area contributed by atoms with Gasteiger partial charge in [-0.2, -0.15) is 0 Å². The predicted octanol–water partition coefficient (Wildman–Crippen LogP) is 2.87. The molecule has 0 unspecified atom stereocenters. The molecule has 1 N–H and O–H groups in total. The minimum atomic E-state index is 0.619. The van der Waals surface area contributed by atoms with Crippen LogP contribution < -0.4 is 0 Å². The molecule has 3 aromatic rings. The minimum absolute atomic E-state index is 0.619. The fourth-order valence-corrected chi connectivity index (χ4v) is 3.74. The Morgan fingerprint density at radius 3 is 3.05 bits per heavy atom. The van der Waals surface area contributed by atoms with Crippen molar-refractivity contribution >= 4 is 16.7 Å². The first-order valence-electron chi connectivity index (χ1n) is 7.40. The van der Waals surface area contributed by atoms with Gasteiger partial charge in [0.25, 0.3) is 0 Å². The SMILES string of the molecule is CC[C@@H]1CN(C)C[C@@H]1c1ccc2cnc3[nH]ccc3n12. The molecule has 1 saturated heterocycles. The Morgan fingerprint density at radius 2 is 2.20 bits per heavy atom. The maximum absolute atomic E-state index is 4.48. The maximum Gasteiger partial charge on any atom is 0.154 e. The number of nitrogens with one attached hydrogen (secondary N) is 1. The van der Waals surface area contributed by atoms with Crippen molar-refractivity contribution < 1.29 is 0 Å². The summed E-state index contributed by atoms with van der Waals surface area (Å²) in [5.74, 6) is 1.37. The van der Waals surface area contributed by atoms with Gasteiger partial charge in [-0.05, 0) is 31.2 Å². The van der Waals surface area contributed by atoms with Crippen molar-refractivity contribution in [3.8, 4) is 0 Å². The second-order valence-corrected chi connectivity index (χ2v) is 5.98. The molecule has 0 radical (unpaired) electrons. The van der Waals surface area contributed by atoms with Gasteiger partial charge >= 0.3 is 0 Å². The van der Waals surface area contributed by atoms with Crippen LogP contribution in [0.5, 0.6) is 0 Å². The van der Waals surface area contributed by atoms with Crippen LogP contribution in [0.4, 0.5) is 0 Å². The number of hydrogen-bond donors (Lipinski definition) is 1. The Balaban J connectivity index is 1.93. The van der Waals surface area contributed by atoms with E-state index in [0.717, 1.165) is 18.1 Å². The summed E-state index contributed by atoms with van der Waals surface area (Å²) in [5.41, 5.74) is 4.78. The molecule has 20 heavy (non-hydrogen) atoms. The first kappa shape index (κ1) is 12.0. The van der Waals surface area contributed by atoms with Gasteiger partial charge in [-0.3, -0.25) is 0 Å². The van der Waals surface area contributed by atoms with Crippen LogP contribution in [0, 0.1) is 5.92 Å². The summed E-state index contributed by atoms with van der Waals surface area (Å²) < 4.78 is 2.38. The summed E-state index contributed by atoms with van der Waals surface area (Å²) in [4.78, 5) is 10.1. The number of nitrogens with zero attached hydrogens (tertiary/aromatic N) is 3. The highest BCUT2D eigenvalue weighted by molar-refractivity contribution is 5.76. The molecular formula is C16H20N4. The van der Waals surface area contributed by atoms with Crippen LogP contribution in [0.25, 0.3) is 16.7 Å². The molecular weight excluding hydrogens is 248 g/mol. The quantitative estimate of drug-likeness (QED) is 0.776. The third-order valence-corrected chi connectivity index (χ3v) is 4.74. The number of H-pyrrole nitrogens is 1. The molecule has 0 aliphatic carbocycles. The number of aromatic amines is 1. The van der Waals surface area contributed by atoms with E-state index >= 15 is 0 Å². The standard InChI is InChI=1S/C16H20N4/c1-3-11-9-19(2)10-13(11)14-5-4-12-8-18-16-15(20(12)14)6-7-17-16/h4-8,11,13,17H,3,9-10H2,1-2H3/t11-,13+/m1/s1. The van der Waals surface area contributed by atoms with Gasteiger partial charge in [0, 0.05) is 30.9 Å². The fraction of sp³-hybridized carbons (Fsp3) is 0.438. The van der Waals surface area contributed by atoms with E-state index in [1.165, 1.54) is 29.7 Å². The lowest BCUT2D eigenvalue weighted by molar-refractivity contribution is 0.392. The summed E-state index contributed by atoms with van der Waals surface area (Å²) in [7, 11) is 2.23. The second-order valence-electron chi connectivity index (χ2n) is 5.98. The van der Waals surface area contributed by atoms with Crippen molar-refractivity contribution in [2.24, 2.45) is 5.92 Å². The molecule has 4 heteroatoms. The Morgan fingerprint density at radius 1 is 1.30 bits per heavy atom. The van der Waals surface area contributed by atoms with E-state index in [1.807, 2.05) is 12.4 Å². The van der Waals surface area contributed by atoms with Crippen molar-refractivity contribution in [3.63, 3.8) is 0 Å². The zero-order valence-corrected chi connectivity index (χ0v) is 12.0. The number of likely N-dealkylation sites (tertiary alicyclic amines) is 1. The molecule has 1 fully saturated rings. The van der Waals surface area contributed by atoms with Crippen molar-refractivity contribution in [2.45, 2.75) is 19.3 Å². The normalized spacial score (nSPS) is 24.1. The molecule has 0 saturated carbocycles. The third kappa shape index (κ3) is 1.61. The molecule has 1 aliphatic rings. The van der Waals surface area contributed by atoms with Crippen molar-refractivity contribution in [1.82, 2.24) is 19.3 Å². The van der Waals surface area contributed by atoms with E-state index in [9.17, 15) is 0 Å². The van der Waals surface area contributed by atoms with Crippen molar-refractivity contribution in [1.29, 1.82) is 0 Å². The molecule has 4 heterocycles. The summed E-state index contributed by atoms with van der Waals surface area (Å²) in [6.07, 6.45) is 5.17. The molecule has 1 aliphatic heterocycles. The highest BCUT2D eigenvalue weighted by atomic mass is 15.1. The highest BCUT2D eigenvalue weighted by Gasteiger charge is 2.32.